The van der Waals surface area contributed by atoms with E-state index in [-0.39, 0.29) is 18.9 Å². The van der Waals surface area contributed by atoms with Gasteiger partial charge in [-0.05, 0) is 12.8 Å². The van der Waals surface area contributed by atoms with E-state index in [1.807, 2.05) is 0 Å². The third-order valence-electron chi connectivity index (χ3n) is 10.7. The molecule has 300 valence electrons. The number of nitrogens with two attached hydrogens (primary N) is 3. The van der Waals surface area contributed by atoms with Crippen LogP contribution in [0.4, 0.5) is 0 Å². The van der Waals surface area contributed by atoms with Crippen molar-refractivity contribution in [3.8, 4) is 0 Å². The number of ether oxygens (including phenoxy) is 1. The number of hydrogen-bond donors (Lipinski definition) is 6. The number of Topliss-reactive ketones (excluding diaryl/α,β-unsaturated/α-hetero) is 2. The Hall–Kier alpha value is -1.47. The Labute approximate surface area is 310 Å². The van der Waals surface area contributed by atoms with Crippen molar-refractivity contribution in [2.24, 2.45) is 23.1 Å². The fraction of sp³-hybridized carbons (Fsp3) is 0.925. The number of unbranched alkanes of at least 4 members (excludes halogenated alkanes) is 23. The van der Waals surface area contributed by atoms with Gasteiger partial charge in [-0.3, -0.25) is 20.1 Å². The zero-order chi connectivity index (χ0) is 37.9. The zero-order valence-electron chi connectivity index (χ0n) is 32.5. The average molecular weight is 727 g/mol. The first-order valence-corrected chi connectivity index (χ1v) is 20.9. The maximum absolute atomic E-state index is 13.9. The van der Waals surface area contributed by atoms with Gasteiger partial charge in [0.05, 0.1) is 19.3 Å². The van der Waals surface area contributed by atoms with Crippen LogP contribution in [-0.2, 0) is 19.1 Å². The number of hydrogen-bond acceptors (Lipinski definition) is 10. The van der Waals surface area contributed by atoms with E-state index in [1.54, 1.807) is 0 Å². The Bertz CT molecular complexity index is 925. The first kappa shape index (κ1) is 47.6. The quantitative estimate of drug-likeness (QED) is 0.0274. The van der Waals surface area contributed by atoms with Crippen molar-refractivity contribution in [3.63, 3.8) is 0 Å². The number of carbonyl (C=O) groups excluding carboxylic acids is 3. The van der Waals surface area contributed by atoms with E-state index < -0.39 is 60.8 Å². The molecule has 0 radical (unpaired) electrons. The number of aliphatic hydroxyl groups excluding tert-OH is 3. The van der Waals surface area contributed by atoms with Crippen molar-refractivity contribution in [2.45, 2.75) is 211 Å². The third-order valence-corrected chi connectivity index (χ3v) is 10.7. The van der Waals surface area contributed by atoms with Crippen LogP contribution < -0.4 is 17.2 Å². The molecule has 11 nitrogen and oxygen atoms in total. The van der Waals surface area contributed by atoms with Crippen LogP contribution >= 0.6 is 0 Å². The predicted molar refractivity (Wildman–Crippen MR) is 205 cm³/mol. The Morgan fingerprint density at radius 1 is 0.667 bits per heavy atom. The minimum atomic E-state index is -2.23. The maximum Gasteiger partial charge on any atom is 0.225 e. The van der Waals surface area contributed by atoms with Gasteiger partial charge < -0.3 is 36.4 Å². The van der Waals surface area contributed by atoms with Crippen LogP contribution in [0, 0.1) is 5.92 Å². The van der Waals surface area contributed by atoms with Crippen LogP contribution in [0.2, 0.25) is 0 Å². The number of rotatable bonds is 33. The lowest BCUT2D eigenvalue weighted by molar-refractivity contribution is -0.291. The highest BCUT2D eigenvalue weighted by atomic mass is 16.6. The molecule has 0 spiro atoms. The molecule has 0 aromatic rings. The lowest BCUT2D eigenvalue weighted by atomic mass is 9.79. The Morgan fingerprint density at radius 3 is 1.45 bits per heavy atom. The molecule has 0 aliphatic carbocycles. The SMILES string of the molecule is CCCCCCCCCCCCCCCCCCN(C(=O)CCCCCCCCCCC)[C@]1(N)O[C@H](CO)[C@@H](O)[C@H](O)[C@H]1C(=O)C(N)C(=O)CN. The van der Waals surface area contributed by atoms with Gasteiger partial charge in [0.15, 0.2) is 11.6 Å². The summed E-state index contributed by atoms with van der Waals surface area (Å²) in [6, 6.07) is -1.72. The highest BCUT2D eigenvalue weighted by Gasteiger charge is 2.59. The lowest BCUT2D eigenvalue weighted by Crippen LogP contribution is -2.76. The molecule has 11 heteroatoms. The van der Waals surface area contributed by atoms with Gasteiger partial charge in [0.1, 0.15) is 24.2 Å². The van der Waals surface area contributed by atoms with Crippen molar-refractivity contribution in [2.75, 3.05) is 19.7 Å². The van der Waals surface area contributed by atoms with E-state index in [0.717, 1.165) is 44.9 Å². The molecule has 0 aromatic heterocycles. The smallest absolute Gasteiger partial charge is 0.225 e. The summed E-state index contributed by atoms with van der Waals surface area (Å²) in [6.07, 6.45) is 24.2. The van der Waals surface area contributed by atoms with Gasteiger partial charge in [-0.1, -0.05) is 162 Å². The van der Waals surface area contributed by atoms with Crippen molar-refractivity contribution >= 4 is 17.5 Å². The largest absolute Gasteiger partial charge is 0.394 e. The number of amides is 1. The fourth-order valence-corrected chi connectivity index (χ4v) is 7.31. The standard InChI is InChI=1S/C40H78N4O7/c1-3-5-7-9-11-13-14-15-16-17-18-19-21-23-25-27-29-44(34(47)28-26-24-22-20-12-10-8-6-4-2)40(43)35(38(49)36(42)32(46)30-41)39(50)37(48)33(31-45)51-40/h33,35-37,39,45,48,50H,3-31,41-43H2,1-2H3/t33-,35-,36?,37-,39-,40+/m1/s1. The summed E-state index contributed by atoms with van der Waals surface area (Å²) in [4.78, 5) is 41.1. The van der Waals surface area contributed by atoms with Crippen molar-refractivity contribution < 1.29 is 34.4 Å². The summed E-state index contributed by atoms with van der Waals surface area (Å²) >= 11 is 0. The molecule has 1 aliphatic heterocycles. The van der Waals surface area contributed by atoms with Gasteiger partial charge >= 0.3 is 0 Å². The molecule has 1 unspecified atom stereocenters. The average Bonchev–Trinajstić information content (AvgIpc) is 3.12. The van der Waals surface area contributed by atoms with E-state index in [9.17, 15) is 29.7 Å². The molecule has 0 bridgehead atoms. The summed E-state index contributed by atoms with van der Waals surface area (Å²) < 4.78 is 5.96. The molecule has 1 saturated heterocycles. The first-order valence-electron chi connectivity index (χ1n) is 20.9. The maximum atomic E-state index is 13.9. The number of aliphatic hydroxyl groups is 3. The van der Waals surface area contributed by atoms with Crippen molar-refractivity contribution in [1.82, 2.24) is 4.90 Å². The van der Waals surface area contributed by atoms with Crippen LogP contribution in [-0.4, -0.2) is 87.6 Å². The second-order valence-corrected chi connectivity index (χ2v) is 15.0. The van der Waals surface area contributed by atoms with Crippen LogP contribution in [0.5, 0.6) is 0 Å². The van der Waals surface area contributed by atoms with Gasteiger partial charge in [-0.25, -0.2) is 0 Å². The molecule has 51 heavy (non-hydrogen) atoms. The summed E-state index contributed by atoms with van der Waals surface area (Å²) in [6.45, 7) is 3.39. The molecule has 9 N–H and O–H groups in total. The zero-order valence-corrected chi connectivity index (χ0v) is 32.5. The third kappa shape index (κ3) is 17.9. The highest BCUT2D eigenvalue weighted by Crippen LogP contribution is 2.36. The summed E-state index contributed by atoms with van der Waals surface area (Å²) in [7, 11) is 0. The molecule has 6 atom stereocenters. The normalized spacial score (nSPS) is 22.6. The van der Waals surface area contributed by atoms with Crippen molar-refractivity contribution in [3.05, 3.63) is 0 Å². The van der Waals surface area contributed by atoms with Crippen LogP contribution in [0.1, 0.15) is 181 Å². The summed E-state index contributed by atoms with van der Waals surface area (Å²) in [5, 5.41) is 31.8. The van der Waals surface area contributed by atoms with E-state index in [4.69, 9.17) is 21.9 Å². The summed E-state index contributed by atoms with van der Waals surface area (Å²) in [5.74, 6) is -6.05. The summed E-state index contributed by atoms with van der Waals surface area (Å²) in [5.41, 5.74) is 18.2. The van der Waals surface area contributed by atoms with Crippen molar-refractivity contribution in [1.29, 1.82) is 0 Å². The van der Waals surface area contributed by atoms with E-state index in [0.29, 0.717) is 12.8 Å². The number of carbonyl (C=O) groups is 3. The van der Waals surface area contributed by atoms with Gasteiger partial charge in [-0.2, -0.15) is 0 Å². The predicted octanol–water partition coefficient (Wildman–Crippen LogP) is 5.76. The Kier molecular flexibility index (Phi) is 27.0. The van der Waals surface area contributed by atoms with E-state index in [2.05, 4.69) is 13.8 Å². The van der Waals surface area contributed by atoms with Crippen LogP contribution in [0.3, 0.4) is 0 Å². The number of ketones is 2. The van der Waals surface area contributed by atoms with Gasteiger partial charge in [0, 0.05) is 13.0 Å². The molecule has 0 aromatic carbocycles. The van der Waals surface area contributed by atoms with Crippen LogP contribution in [0.25, 0.3) is 0 Å². The second kappa shape index (κ2) is 29.0. The lowest BCUT2D eigenvalue weighted by Gasteiger charge is -2.53. The number of nitrogens with zero attached hydrogens (tertiary/aromatic N) is 1. The monoisotopic (exact) mass is 727 g/mol. The molecule has 1 amide bonds. The minimum Gasteiger partial charge on any atom is -0.394 e. The molecule has 1 fully saturated rings. The molecule has 1 rings (SSSR count). The molecular formula is C40H78N4O7. The van der Waals surface area contributed by atoms with Gasteiger partial charge in [0.25, 0.3) is 0 Å². The molecule has 1 heterocycles. The first-order chi connectivity index (χ1) is 24.6. The Morgan fingerprint density at radius 2 is 1.06 bits per heavy atom. The molecule has 0 saturated carbocycles. The molecule has 1 aliphatic rings. The van der Waals surface area contributed by atoms with E-state index >= 15 is 0 Å². The minimum absolute atomic E-state index is 0.149. The Balaban J connectivity index is 2.81. The fourth-order valence-electron chi connectivity index (χ4n) is 7.31. The van der Waals surface area contributed by atoms with E-state index in [1.165, 1.54) is 108 Å². The highest BCUT2D eigenvalue weighted by molar-refractivity contribution is 6.08. The topological polar surface area (TPSA) is 202 Å². The molecular weight excluding hydrogens is 648 g/mol. The van der Waals surface area contributed by atoms with Gasteiger partial charge in [-0.15, -0.1) is 0 Å². The second-order valence-electron chi connectivity index (χ2n) is 15.0. The van der Waals surface area contributed by atoms with Gasteiger partial charge in [0.2, 0.25) is 11.8 Å². The van der Waals surface area contributed by atoms with Crippen LogP contribution in [0.15, 0.2) is 0 Å².